The third-order valence-electron chi connectivity index (χ3n) is 3.46. The summed E-state index contributed by atoms with van der Waals surface area (Å²) in [5, 5.41) is 5.23. The van der Waals surface area contributed by atoms with Gasteiger partial charge in [-0.2, -0.15) is 14.5 Å². The molecule has 1 aliphatic carbocycles. The molecule has 0 bridgehead atoms. The summed E-state index contributed by atoms with van der Waals surface area (Å²) in [6.45, 7) is 0. The Hall–Kier alpha value is -1.17. The Bertz CT molecular complexity index is 858. The first-order valence-corrected chi connectivity index (χ1v) is 8.06. The fourth-order valence-electron chi connectivity index (χ4n) is 2.25. The third-order valence-corrected chi connectivity index (χ3v) is 4.57. The average Bonchev–Trinajstić information content (AvgIpc) is 3.20. The van der Waals surface area contributed by atoms with Crippen LogP contribution in [-0.2, 0) is 0 Å². The number of rotatable bonds is 2. The zero-order valence-electron chi connectivity index (χ0n) is 10.7. The predicted octanol–water partition coefficient (Wildman–Crippen LogP) is 4.74. The van der Waals surface area contributed by atoms with Crippen molar-refractivity contribution < 1.29 is 0 Å². The minimum atomic E-state index is 0.334. The first kappa shape index (κ1) is 13.5. The topological polar surface area (TPSA) is 43.1 Å². The summed E-state index contributed by atoms with van der Waals surface area (Å²) in [4.78, 5) is 8.74. The molecule has 1 aromatic carbocycles. The molecule has 0 saturated heterocycles. The lowest BCUT2D eigenvalue weighted by Gasteiger charge is -2.07. The van der Waals surface area contributed by atoms with Crippen molar-refractivity contribution in [3.63, 3.8) is 0 Å². The molecule has 0 aliphatic heterocycles. The number of benzene rings is 1. The second-order valence-corrected chi connectivity index (χ2v) is 6.67. The van der Waals surface area contributed by atoms with Crippen LogP contribution < -0.4 is 0 Å². The summed E-state index contributed by atoms with van der Waals surface area (Å²) in [5.74, 6) is 1.69. The average molecular weight is 384 g/mol. The predicted molar refractivity (Wildman–Crippen MR) is 85.9 cm³/mol. The fourth-order valence-corrected chi connectivity index (χ4v) is 3.29. The first-order valence-electron chi connectivity index (χ1n) is 6.51. The number of nitrogens with zero attached hydrogens (tertiary/aromatic N) is 4. The molecule has 2 heterocycles. The van der Waals surface area contributed by atoms with Gasteiger partial charge in [-0.05, 0) is 30.5 Å². The van der Waals surface area contributed by atoms with Crippen molar-refractivity contribution in [1.82, 2.24) is 19.6 Å². The molecule has 0 spiro atoms. The minimum absolute atomic E-state index is 0.334. The van der Waals surface area contributed by atoms with Gasteiger partial charge in [0.15, 0.2) is 5.82 Å². The molecule has 2 aromatic heterocycles. The highest BCUT2D eigenvalue weighted by molar-refractivity contribution is 9.10. The molecule has 21 heavy (non-hydrogen) atoms. The van der Waals surface area contributed by atoms with E-state index < -0.39 is 0 Å². The molecule has 0 amide bonds. The number of hydrogen-bond acceptors (Lipinski definition) is 3. The van der Waals surface area contributed by atoms with Gasteiger partial charge >= 0.3 is 0 Å². The lowest BCUT2D eigenvalue weighted by atomic mass is 10.1. The van der Waals surface area contributed by atoms with Crippen molar-refractivity contribution in [2.75, 3.05) is 0 Å². The molecule has 0 atom stereocenters. The van der Waals surface area contributed by atoms with E-state index in [1.54, 1.807) is 4.52 Å². The number of hydrogen-bond donors (Lipinski definition) is 0. The zero-order valence-corrected chi connectivity index (χ0v) is 13.8. The van der Waals surface area contributed by atoms with E-state index in [0.717, 1.165) is 28.7 Å². The Morgan fingerprint density at radius 1 is 1.19 bits per heavy atom. The van der Waals surface area contributed by atoms with Crippen LogP contribution in [0, 0.1) is 0 Å². The summed E-state index contributed by atoms with van der Waals surface area (Å²) < 4.78 is 2.52. The van der Waals surface area contributed by atoms with E-state index in [9.17, 15) is 0 Å². The summed E-state index contributed by atoms with van der Waals surface area (Å²) in [5.41, 5.74) is 1.55. The first-order chi connectivity index (χ1) is 10.1. The van der Waals surface area contributed by atoms with Gasteiger partial charge in [0.25, 0.3) is 5.78 Å². The van der Waals surface area contributed by atoms with E-state index in [1.165, 1.54) is 0 Å². The molecule has 1 aliphatic rings. The molecule has 1 fully saturated rings. The molecule has 0 unspecified atom stereocenters. The van der Waals surface area contributed by atoms with Gasteiger partial charge in [-0.25, -0.2) is 0 Å². The van der Waals surface area contributed by atoms with Crippen molar-refractivity contribution in [3.8, 4) is 11.1 Å². The lowest BCUT2D eigenvalue weighted by Crippen LogP contribution is -1.97. The van der Waals surface area contributed by atoms with Gasteiger partial charge in [0.05, 0.1) is 5.56 Å². The Labute approximate surface area is 139 Å². The van der Waals surface area contributed by atoms with Crippen molar-refractivity contribution in [2.24, 2.45) is 0 Å². The monoisotopic (exact) mass is 382 g/mol. The van der Waals surface area contributed by atoms with Gasteiger partial charge in [-0.3, -0.25) is 0 Å². The Kier molecular flexibility index (Phi) is 3.17. The molecular formula is C14H9BrCl2N4. The van der Waals surface area contributed by atoms with Crippen molar-refractivity contribution in [1.29, 1.82) is 0 Å². The highest BCUT2D eigenvalue weighted by Crippen LogP contribution is 2.39. The summed E-state index contributed by atoms with van der Waals surface area (Å²) >= 11 is 16.2. The van der Waals surface area contributed by atoms with Crippen molar-refractivity contribution in [2.45, 2.75) is 18.8 Å². The van der Waals surface area contributed by atoms with Crippen LogP contribution >= 0.6 is 39.1 Å². The zero-order chi connectivity index (χ0) is 14.6. The highest BCUT2D eigenvalue weighted by Gasteiger charge is 2.29. The van der Waals surface area contributed by atoms with Gasteiger partial charge in [0.2, 0.25) is 0 Å². The second kappa shape index (κ2) is 4.93. The summed E-state index contributed by atoms with van der Waals surface area (Å²) in [7, 11) is 0. The molecule has 0 N–H and O–H groups in total. The summed E-state index contributed by atoms with van der Waals surface area (Å²) in [6, 6.07) is 7.74. The second-order valence-electron chi connectivity index (χ2n) is 5.03. The van der Waals surface area contributed by atoms with Crippen molar-refractivity contribution >= 4 is 44.9 Å². The summed E-state index contributed by atoms with van der Waals surface area (Å²) in [6.07, 6.45) is 2.25. The molecule has 0 radical (unpaired) electrons. The van der Waals surface area contributed by atoms with E-state index in [1.807, 2.05) is 24.3 Å². The van der Waals surface area contributed by atoms with Gasteiger partial charge < -0.3 is 0 Å². The SMILES string of the molecule is Clc1nc2nc(C3CC3)nn2c(Cl)c1-c1cccc(Br)c1. The van der Waals surface area contributed by atoms with Crippen LogP contribution in [0.15, 0.2) is 28.7 Å². The maximum absolute atomic E-state index is 6.49. The maximum atomic E-state index is 6.49. The van der Waals surface area contributed by atoms with Crippen molar-refractivity contribution in [3.05, 3.63) is 44.9 Å². The lowest BCUT2D eigenvalue weighted by molar-refractivity contribution is 0.874. The van der Waals surface area contributed by atoms with Crippen LogP contribution in [0.1, 0.15) is 24.6 Å². The Morgan fingerprint density at radius 2 is 2.00 bits per heavy atom. The fraction of sp³-hybridized carbons (Fsp3) is 0.214. The Morgan fingerprint density at radius 3 is 2.71 bits per heavy atom. The number of fused-ring (bicyclic) bond motifs is 1. The minimum Gasteiger partial charge on any atom is -0.198 e. The van der Waals surface area contributed by atoms with E-state index >= 15 is 0 Å². The quantitative estimate of drug-likeness (QED) is 0.600. The van der Waals surface area contributed by atoms with Gasteiger partial charge in [0.1, 0.15) is 10.3 Å². The Balaban J connectivity index is 1.96. The largest absolute Gasteiger partial charge is 0.255 e. The maximum Gasteiger partial charge on any atom is 0.255 e. The van der Waals surface area contributed by atoms with Gasteiger partial charge in [-0.15, -0.1) is 5.10 Å². The highest BCUT2D eigenvalue weighted by atomic mass is 79.9. The molecule has 4 nitrogen and oxygen atoms in total. The van der Waals surface area contributed by atoms with Crippen LogP contribution in [0.25, 0.3) is 16.9 Å². The normalized spacial score (nSPS) is 14.8. The smallest absolute Gasteiger partial charge is 0.198 e. The number of aromatic nitrogens is 4. The molecule has 106 valence electrons. The molecular weight excluding hydrogens is 375 g/mol. The van der Waals surface area contributed by atoms with E-state index in [-0.39, 0.29) is 0 Å². The van der Waals surface area contributed by atoms with E-state index in [2.05, 4.69) is 31.0 Å². The molecule has 1 saturated carbocycles. The number of halogens is 3. The van der Waals surface area contributed by atoms with Crippen LogP contribution in [0.5, 0.6) is 0 Å². The van der Waals surface area contributed by atoms with Crippen LogP contribution in [0.2, 0.25) is 10.3 Å². The standard InChI is InChI=1S/C14H9BrCl2N4/c15-9-3-1-2-8(6-9)10-11(16)18-14-19-13(7-4-5-7)20-21(14)12(10)17/h1-3,6-7H,4-5H2. The van der Waals surface area contributed by atoms with Crippen LogP contribution in [0.3, 0.4) is 0 Å². The van der Waals surface area contributed by atoms with E-state index in [4.69, 9.17) is 23.2 Å². The van der Waals surface area contributed by atoms with Gasteiger partial charge in [-0.1, -0.05) is 51.3 Å². The molecule has 7 heteroatoms. The van der Waals surface area contributed by atoms with E-state index in [0.29, 0.717) is 27.6 Å². The third kappa shape index (κ3) is 2.33. The molecule has 4 rings (SSSR count). The van der Waals surface area contributed by atoms with Crippen LogP contribution in [0.4, 0.5) is 0 Å². The van der Waals surface area contributed by atoms with Gasteiger partial charge in [0, 0.05) is 10.4 Å². The van der Waals surface area contributed by atoms with Crippen LogP contribution in [-0.4, -0.2) is 19.6 Å². The molecule has 3 aromatic rings.